The summed E-state index contributed by atoms with van der Waals surface area (Å²) in [4.78, 5) is 22.7. The van der Waals surface area contributed by atoms with Crippen molar-refractivity contribution in [1.29, 1.82) is 0 Å². The van der Waals surface area contributed by atoms with E-state index in [0.29, 0.717) is 23.7 Å². The maximum Gasteiger partial charge on any atom is 0.286 e. The topological polar surface area (TPSA) is 73.9 Å². The molecule has 1 atom stereocenters. The largest absolute Gasteiger partial charge is 0.496 e. The van der Waals surface area contributed by atoms with E-state index in [-0.39, 0.29) is 17.9 Å². The molecule has 0 unspecified atom stereocenters. The molecule has 0 radical (unpaired) electrons. The van der Waals surface area contributed by atoms with Crippen molar-refractivity contribution >= 4 is 22.9 Å². The fourth-order valence-corrected chi connectivity index (χ4v) is 2.89. The van der Waals surface area contributed by atoms with Crippen LogP contribution in [0.1, 0.15) is 5.56 Å². The Morgan fingerprint density at radius 2 is 2.11 bits per heavy atom. The summed E-state index contributed by atoms with van der Waals surface area (Å²) in [6, 6.07) is 3.52. The zero-order chi connectivity index (χ0) is 13.4. The minimum Gasteiger partial charge on any atom is -0.496 e. The zero-order valence-electron chi connectivity index (χ0n) is 10.1. The molecular formula is C12H11NO5S. The first kappa shape index (κ1) is 12.2. The predicted molar refractivity (Wildman–Crippen MR) is 67.7 cm³/mol. The SMILES string of the molecule is COc1cc2c(cc1C[C@@H]1SC(=O)NC1=O)OCO2. The van der Waals surface area contributed by atoms with Crippen molar-refractivity contribution in [1.82, 2.24) is 5.32 Å². The Balaban J connectivity index is 1.88. The van der Waals surface area contributed by atoms with Crippen molar-refractivity contribution in [3.63, 3.8) is 0 Å². The van der Waals surface area contributed by atoms with Crippen LogP contribution in [0.25, 0.3) is 0 Å². The van der Waals surface area contributed by atoms with Crippen molar-refractivity contribution < 1.29 is 23.8 Å². The summed E-state index contributed by atoms with van der Waals surface area (Å²) >= 11 is 0.994. The molecule has 1 saturated heterocycles. The van der Waals surface area contributed by atoms with Gasteiger partial charge in [0.05, 0.1) is 12.4 Å². The summed E-state index contributed by atoms with van der Waals surface area (Å²) in [6.07, 6.45) is 0.405. The third-order valence-corrected chi connectivity index (χ3v) is 3.93. The van der Waals surface area contributed by atoms with Gasteiger partial charge < -0.3 is 14.2 Å². The van der Waals surface area contributed by atoms with Crippen molar-refractivity contribution in [3.05, 3.63) is 17.7 Å². The highest BCUT2D eigenvalue weighted by atomic mass is 32.2. The highest BCUT2D eigenvalue weighted by Gasteiger charge is 2.32. The number of hydrogen-bond acceptors (Lipinski definition) is 6. The van der Waals surface area contributed by atoms with Gasteiger partial charge in [-0.25, -0.2) is 0 Å². The van der Waals surface area contributed by atoms with Crippen molar-refractivity contribution in [3.8, 4) is 17.2 Å². The number of ether oxygens (including phenoxy) is 3. The van der Waals surface area contributed by atoms with Gasteiger partial charge in [0.25, 0.3) is 5.24 Å². The predicted octanol–water partition coefficient (Wildman–Crippen LogP) is 1.32. The number of carbonyl (C=O) groups excluding carboxylic acids is 2. The maximum absolute atomic E-state index is 11.6. The summed E-state index contributed by atoms with van der Waals surface area (Å²) in [6.45, 7) is 0.180. The summed E-state index contributed by atoms with van der Waals surface area (Å²) in [5.41, 5.74) is 0.814. The average Bonchev–Trinajstić information content (AvgIpc) is 2.95. The smallest absolute Gasteiger partial charge is 0.286 e. The maximum atomic E-state index is 11.6. The Bertz CT molecular complexity index is 559. The van der Waals surface area contributed by atoms with Crippen LogP contribution in [0.4, 0.5) is 4.79 Å². The summed E-state index contributed by atoms with van der Waals surface area (Å²) in [5.74, 6) is 1.61. The molecule has 0 saturated carbocycles. The third-order valence-electron chi connectivity index (χ3n) is 2.95. The van der Waals surface area contributed by atoms with Crippen molar-refractivity contribution in [2.24, 2.45) is 0 Å². The molecule has 2 heterocycles. The second-order valence-electron chi connectivity index (χ2n) is 4.10. The Morgan fingerprint density at radius 3 is 2.74 bits per heavy atom. The van der Waals surface area contributed by atoms with Crippen molar-refractivity contribution in [2.75, 3.05) is 13.9 Å². The fraction of sp³-hybridized carbons (Fsp3) is 0.333. The fourth-order valence-electron chi connectivity index (χ4n) is 2.04. The second-order valence-corrected chi connectivity index (χ2v) is 5.28. The van der Waals surface area contributed by atoms with Gasteiger partial charge >= 0.3 is 0 Å². The molecule has 1 N–H and O–H groups in total. The van der Waals surface area contributed by atoms with Crippen molar-refractivity contribution in [2.45, 2.75) is 11.7 Å². The lowest BCUT2D eigenvalue weighted by Gasteiger charge is -2.11. The molecule has 1 fully saturated rings. The highest BCUT2D eigenvalue weighted by Crippen LogP contribution is 2.39. The molecule has 6 nitrogen and oxygen atoms in total. The molecule has 0 aromatic heterocycles. The van der Waals surface area contributed by atoms with Crippen LogP contribution in [0.3, 0.4) is 0 Å². The molecule has 0 spiro atoms. The molecule has 1 aromatic carbocycles. The lowest BCUT2D eigenvalue weighted by atomic mass is 10.1. The van der Waals surface area contributed by atoms with E-state index in [9.17, 15) is 9.59 Å². The van der Waals surface area contributed by atoms with Gasteiger partial charge in [0, 0.05) is 6.07 Å². The standard InChI is InChI=1S/C12H11NO5S/c1-16-7-4-9-8(17-5-18-9)2-6(7)3-10-11(14)13-12(15)19-10/h2,4,10H,3,5H2,1H3,(H,13,14,15)/t10-/m0/s1. The van der Waals surface area contributed by atoms with E-state index in [1.807, 2.05) is 0 Å². The number of thioether (sulfide) groups is 1. The minimum atomic E-state index is -0.429. The molecule has 2 amide bonds. The third kappa shape index (κ3) is 2.21. The van der Waals surface area contributed by atoms with E-state index in [0.717, 1.165) is 17.3 Å². The molecule has 2 aliphatic rings. The summed E-state index contributed by atoms with van der Waals surface area (Å²) < 4.78 is 15.8. The molecular weight excluding hydrogens is 270 g/mol. The van der Waals surface area contributed by atoms with E-state index in [1.165, 1.54) is 0 Å². The Kier molecular flexibility index (Phi) is 2.98. The van der Waals surface area contributed by atoms with E-state index in [2.05, 4.69) is 5.32 Å². The van der Waals surface area contributed by atoms with Gasteiger partial charge in [-0.3, -0.25) is 14.9 Å². The van der Waals surface area contributed by atoms with Crippen LogP contribution < -0.4 is 19.5 Å². The lowest BCUT2D eigenvalue weighted by molar-refractivity contribution is -0.118. The minimum absolute atomic E-state index is 0.180. The van der Waals surface area contributed by atoms with Crippen LogP contribution in [0.5, 0.6) is 17.2 Å². The molecule has 0 aliphatic carbocycles. The quantitative estimate of drug-likeness (QED) is 0.900. The van der Waals surface area contributed by atoms with Gasteiger partial charge in [-0.15, -0.1) is 0 Å². The van der Waals surface area contributed by atoms with Crippen LogP contribution in [-0.2, 0) is 11.2 Å². The van der Waals surface area contributed by atoms with E-state index >= 15 is 0 Å². The first-order valence-corrected chi connectivity index (χ1v) is 6.53. The molecule has 19 heavy (non-hydrogen) atoms. The molecule has 100 valence electrons. The number of carbonyl (C=O) groups is 2. The van der Waals surface area contributed by atoms with Gasteiger partial charge in [0.2, 0.25) is 12.7 Å². The van der Waals surface area contributed by atoms with Gasteiger partial charge in [0.15, 0.2) is 11.5 Å². The highest BCUT2D eigenvalue weighted by molar-refractivity contribution is 8.15. The number of nitrogens with one attached hydrogen (secondary N) is 1. The zero-order valence-corrected chi connectivity index (χ0v) is 10.9. The first-order chi connectivity index (χ1) is 9.17. The van der Waals surface area contributed by atoms with Crippen LogP contribution in [0, 0.1) is 0 Å². The normalized spacial score (nSPS) is 20.6. The van der Waals surface area contributed by atoms with E-state index < -0.39 is 5.25 Å². The monoisotopic (exact) mass is 281 g/mol. The molecule has 3 rings (SSSR count). The molecule has 2 aliphatic heterocycles. The summed E-state index contributed by atoms with van der Waals surface area (Å²) in [5, 5.41) is 1.53. The number of hydrogen-bond donors (Lipinski definition) is 1. The first-order valence-electron chi connectivity index (χ1n) is 5.65. The van der Waals surface area contributed by atoms with Gasteiger partial charge in [0.1, 0.15) is 5.75 Å². The summed E-state index contributed by atoms with van der Waals surface area (Å²) in [7, 11) is 1.55. The lowest BCUT2D eigenvalue weighted by Crippen LogP contribution is -2.25. The van der Waals surface area contributed by atoms with Crippen LogP contribution in [0.15, 0.2) is 12.1 Å². The van der Waals surface area contributed by atoms with Crippen LogP contribution >= 0.6 is 11.8 Å². The number of amides is 2. The number of imide groups is 1. The Labute approximate surface area is 113 Å². The number of fused-ring (bicyclic) bond motifs is 1. The van der Waals surface area contributed by atoms with Crippen LogP contribution in [0.2, 0.25) is 0 Å². The van der Waals surface area contributed by atoms with E-state index in [1.54, 1.807) is 19.2 Å². The number of methoxy groups -OCH3 is 1. The van der Waals surface area contributed by atoms with Crippen LogP contribution in [-0.4, -0.2) is 30.3 Å². The molecule has 0 bridgehead atoms. The Hall–Kier alpha value is -1.89. The van der Waals surface area contributed by atoms with Gasteiger partial charge in [-0.05, 0) is 18.1 Å². The Morgan fingerprint density at radius 1 is 1.37 bits per heavy atom. The second kappa shape index (κ2) is 4.65. The number of rotatable bonds is 3. The van der Waals surface area contributed by atoms with E-state index in [4.69, 9.17) is 14.2 Å². The molecule has 7 heteroatoms. The number of benzene rings is 1. The van der Waals surface area contributed by atoms with Gasteiger partial charge in [-0.2, -0.15) is 0 Å². The molecule has 1 aromatic rings. The average molecular weight is 281 g/mol. The van der Waals surface area contributed by atoms with Gasteiger partial charge in [-0.1, -0.05) is 11.8 Å².